The second-order valence-corrected chi connectivity index (χ2v) is 6.84. The minimum Gasteiger partial charge on any atom is -0.480 e. The van der Waals surface area contributed by atoms with Gasteiger partial charge in [-0.25, -0.2) is 8.42 Å². The fourth-order valence-electron chi connectivity index (χ4n) is 1.78. The van der Waals surface area contributed by atoms with Crippen LogP contribution in [0.2, 0.25) is 5.02 Å². The van der Waals surface area contributed by atoms with E-state index in [1.54, 1.807) is 12.1 Å². The molecule has 1 atom stereocenters. The quantitative estimate of drug-likeness (QED) is 0.839. The summed E-state index contributed by atoms with van der Waals surface area (Å²) in [6.07, 6.45) is 1.76. The average molecular weight is 304 g/mol. The lowest BCUT2D eigenvalue weighted by molar-refractivity contribution is -0.139. The van der Waals surface area contributed by atoms with Crippen molar-refractivity contribution in [3.05, 3.63) is 34.9 Å². The maximum Gasteiger partial charge on any atom is 0.326 e. The lowest BCUT2D eigenvalue weighted by Crippen LogP contribution is -2.35. The third-order valence-corrected chi connectivity index (χ3v) is 4.76. The van der Waals surface area contributed by atoms with Gasteiger partial charge in [0.25, 0.3) is 0 Å². The number of hydrogen-bond donors (Lipinski definition) is 2. The molecule has 1 aromatic carbocycles. The van der Waals surface area contributed by atoms with Crippen LogP contribution in [0.15, 0.2) is 24.3 Å². The predicted molar refractivity (Wildman–Crippen MR) is 71.5 cm³/mol. The molecule has 0 amide bonds. The standard InChI is InChI=1S/C12H14ClNO4S/c13-10-4-2-1-3-9(10)11(12(15)16)14-19(17,18)7-8-5-6-8/h1-4,8,11,14H,5-7H2,(H,15,16)/t11-/m1/s1. The van der Waals surface area contributed by atoms with Crippen molar-refractivity contribution >= 4 is 27.6 Å². The first-order chi connectivity index (χ1) is 8.89. The van der Waals surface area contributed by atoms with Gasteiger partial charge in [-0.1, -0.05) is 29.8 Å². The molecular weight excluding hydrogens is 290 g/mol. The van der Waals surface area contributed by atoms with Crippen molar-refractivity contribution in [2.45, 2.75) is 18.9 Å². The Hall–Kier alpha value is -1.11. The van der Waals surface area contributed by atoms with E-state index in [2.05, 4.69) is 4.72 Å². The van der Waals surface area contributed by atoms with Crippen LogP contribution in [-0.4, -0.2) is 25.2 Å². The molecule has 104 valence electrons. The van der Waals surface area contributed by atoms with E-state index in [-0.39, 0.29) is 22.3 Å². The van der Waals surface area contributed by atoms with E-state index in [1.807, 2.05) is 0 Å². The molecule has 1 fully saturated rings. The summed E-state index contributed by atoms with van der Waals surface area (Å²) in [5.74, 6) is -1.15. The Kier molecular flexibility index (Phi) is 4.13. The molecule has 0 aromatic heterocycles. The van der Waals surface area contributed by atoms with Crippen molar-refractivity contribution in [1.82, 2.24) is 4.72 Å². The van der Waals surface area contributed by atoms with Crippen LogP contribution in [0.4, 0.5) is 0 Å². The minimum atomic E-state index is -3.62. The Morgan fingerprint density at radius 1 is 1.42 bits per heavy atom. The van der Waals surface area contributed by atoms with E-state index in [1.165, 1.54) is 12.1 Å². The van der Waals surface area contributed by atoms with Gasteiger partial charge in [0, 0.05) is 5.02 Å². The number of rotatable bonds is 6. The first-order valence-electron chi connectivity index (χ1n) is 5.86. The molecular formula is C12H14ClNO4S. The summed E-state index contributed by atoms with van der Waals surface area (Å²) in [5, 5.41) is 9.40. The number of halogens is 1. The van der Waals surface area contributed by atoms with E-state index in [9.17, 15) is 18.3 Å². The average Bonchev–Trinajstić information content (AvgIpc) is 3.10. The van der Waals surface area contributed by atoms with Crippen LogP contribution in [0.25, 0.3) is 0 Å². The van der Waals surface area contributed by atoms with Crippen molar-refractivity contribution in [3.63, 3.8) is 0 Å². The van der Waals surface area contributed by atoms with Gasteiger partial charge in [0.15, 0.2) is 0 Å². The molecule has 0 spiro atoms. The Morgan fingerprint density at radius 3 is 2.58 bits per heavy atom. The molecule has 0 radical (unpaired) electrons. The van der Waals surface area contributed by atoms with Crippen LogP contribution in [-0.2, 0) is 14.8 Å². The minimum absolute atomic E-state index is 0.0266. The van der Waals surface area contributed by atoms with Gasteiger partial charge in [-0.3, -0.25) is 4.79 Å². The molecule has 0 bridgehead atoms. The lowest BCUT2D eigenvalue weighted by Gasteiger charge is -2.16. The van der Waals surface area contributed by atoms with Crippen molar-refractivity contribution in [2.24, 2.45) is 5.92 Å². The summed E-state index contributed by atoms with van der Waals surface area (Å²) in [4.78, 5) is 11.2. The topological polar surface area (TPSA) is 83.5 Å². The van der Waals surface area contributed by atoms with Crippen molar-refractivity contribution < 1.29 is 18.3 Å². The van der Waals surface area contributed by atoms with Crippen LogP contribution in [0.1, 0.15) is 24.4 Å². The number of carboxylic acids is 1. The van der Waals surface area contributed by atoms with Gasteiger partial charge < -0.3 is 5.11 Å². The fraction of sp³-hybridized carbons (Fsp3) is 0.417. The smallest absolute Gasteiger partial charge is 0.326 e. The van der Waals surface area contributed by atoms with Gasteiger partial charge in [-0.15, -0.1) is 0 Å². The molecule has 2 rings (SSSR count). The monoisotopic (exact) mass is 303 g/mol. The lowest BCUT2D eigenvalue weighted by atomic mass is 10.1. The maximum atomic E-state index is 11.9. The number of aliphatic carboxylic acids is 1. The van der Waals surface area contributed by atoms with Crippen molar-refractivity contribution in [3.8, 4) is 0 Å². The summed E-state index contributed by atoms with van der Waals surface area (Å²) in [6, 6.07) is 4.95. The normalized spacial score (nSPS) is 17.1. The predicted octanol–water partition coefficient (Wildman–Crippen LogP) is 1.80. The van der Waals surface area contributed by atoms with Crippen molar-refractivity contribution in [1.29, 1.82) is 0 Å². The SMILES string of the molecule is O=C(O)[C@H](NS(=O)(=O)CC1CC1)c1ccccc1Cl. The number of carboxylic acid groups (broad SMARTS) is 1. The zero-order valence-electron chi connectivity index (χ0n) is 10.0. The van der Waals surface area contributed by atoms with Gasteiger partial charge in [0.1, 0.15) is 6.04 Å². The first-order valence-corrected chi connectivity index (χ1v) is 7.89. The molecule has 19 heavy (non-hydrogen) atoms. The molecule has 1 aliphatic carbocycles. The third-order valence-electron chi connectivity index (χ3n) is 2.91. The molecule has 1 aromatic rings. The molecule has 7 heteroatoms. The summed E-state index contributed by atoms with van der Waals surface area (Å²) < 4.78 is 25.9. The number of carbonyl (C=O) groups is 1. The molecule has 0 saturated heterocycles. The molecule has 0 heterocycles. The Balaban J connectivity index is 2.21. The van der Waals surface area contributed by atoms with Crippen LogP contribution in [0.3, 0.4) is 0 Å². The van der Waals surface area contributed by atoms with Crippen molar-refractivity contribution in [2.75, 3.05) is 5.75 Å². The molecule has 1 saturated carbocycles. The number of benzene rings is 1. The van der Waals surface area contributed by atoms with E-state index < -0.39 is 22.0 Å². The van der Waals surface area contributed by atoms with Crippen LogP contribution in [0, 0.1) is 5.92 Å². The largest absolute Gasteiger partial charge is 0.480 e. The number of sulfonamides is 1. The van der Waals surface area contributed by atoms with Crippen LogP contribution in [0.5, 0.6) is 0 Å². The Labute approximate surface area is 116 Å². The summed E-state index contributed by atoms with van der Waals surface area (Å²) >= 11 is 5.91. The highest BCUT2D eigenvalue weighted by Gasteiger charge is 2.32. The highest BCUT2D eigenvalue weighted by molar-refractivity contribution is 7.89. The highest BCUT2D eigenvalue weighted by Crippen LogP contribution is 2.31. The molecule has 0 aliphatic heterocycles. The van der Waals surface area contributed by atoms with Gasteiger partial charge >= 0.3 is 5.97 Å². The van der Waals surface area contributed by atoms with E-state index in [0.717, 1.165) is 12.8 Å². The number of hydrogen-bond acceptors (Lipinski definition) is 3. The molecule has 5 nitrogen and oxygen atoms in total. The van der Waals surface area contributed by atoms with E-state index in [0.29, 0.717) is 0 Å². The summed E-state index contributed by atoms with van der Waals surface area (Å²) in [7, 11) is -3.62. The first kappa shape index (κ1) is 14.3. The highest BCUT2D eigenvalue weighted by atomic mass is 35.5. The summed E-state index contributed by atoms with van der Waals surface area (Å²) in [6.45, 7) is 0. The summed E-state index contributed by atoms with van der Waals surface area (Å²) in [5.41, 5.74) is 0.246. The zero-order valence-corrected chi connectivity index (χ0v) is 11.6. The Bertz CT molecular complexity index is 583. The fourth-order valence-corrected chi connectivity index (χ4v) is 3.66. The van der Waals surface area contributed by atoms with Gasteiger partial charge in [0.05, 0.1) is 5.75 Å². The maximum absolute atomic E-state index is 11.9. The second-order valence-electron chi connectivity index (χ2n) is 4.64. The third kappa shape index (κ3) is 3.92. The van der Waals surface area contributed by atoms with Gasteiger partial charge in [-0.2, -0.15) is 4.72 Å². The molecule has 2 N–H and O–H groups in total. The van der Waals surface area contributed by atoms with Gasteiger partial charge in [-0.05, 0) is 30.4 Å². The van der Waals surface area contributed by atoms with Crippen LogP contribution >= 0.6 is 11.6 Å². The van der Waals surface area contributed by atoms with E-state index in [4.69, 9.17) is 11.6 Å². The second kappa shape index (κ2) is 5.48. The molecule has 0 unspecified atom stereocenters. The molecule has 1 aliphatic rings. The van der Waals surface area contributed by atoms with Gasteiger partial charge in [0.2, 0.25) is 10.0 Å². The zero-order chi connectivity index (χ0) is 14.0. The Morgan fingerprint density at radius 2 is 2.05 bits per heavy atom. The van der Waals surface area contributed by atoms with E-state index >= 15 is 0 Å². The van der Waals surface area contributed by atoms with Crippen LogP contribution < -0.4 is 4.72 Å². The number of nitrogens with one attached hydrogen (secondary N) is 1.